The Morgan fingerprint density at radius 3 is 2.50 bits per heavy atom. The zero-order valence-corrected chi connectivity index (χ0v) is 22.8. The molecule has 3 saturated heterocycles. The van der Waals surface area contributed by atoms with E-state index in [1.165, 1.54) is 0 Å². The van der Waals surface area contributed by atoms with Gasteiger partial charge in [-0.2, -0.15) is 0 Å². The van der Waals surface area contributed by atoms with E-state index in [1.54, 1.807) is 34.1 Å². The number of rotatable bonds is 5. The summed E-state index contributed by atoms with van der Waals surface area (Å²) in [5.41, 5.74) is 0.815. The second kappa shape index (κ2) is 11.2. The number of likely N-dealkylation sites (tertiary alicyclic amines) is 1. The molecule has 10 heteroatoms. The van der Waals surface area contributed by atoms with Gasteiger partial charge in [0.25, 0.3) is 11.8 Å². The van der Waals surface area contributed by atoms with Crippen LogP contribution in [0.2, 0.25) is 10.0 Å². The molecule has 3 aliphatic rings. The maximum absolute atomic E-state index is 14.0. The Hall–Kier alpha value is -2.65. The average molecular weight is 560 g/mol. The number of benzene rings is 2. The molecule has 0 aromatic heterocycles. The maximum Gasteiger partial charge on any atom is 0.257 e. The fourth-order valence-electron chi connectivity index (χ4n) is 5.52. The maximum atomic E-state index is 14.0. The Kier molecular flexibility index (Phi) is 7.95. The molecule has 0 unspecified atom stereocenters. The number of piperidine rings is 1. The van der Waals surface area contributed by atoms with E-state index in [2.05, 4.69) is 5.32 Å². The van der Waals surface area contributed by atoms with Crippen LogP contribution in [0.3, 0.4) is 0 Å². The number of hydrogen-bond donors (Lipinski definition) is 1. The highest BCUT2D eigenvalue weighted by atomic mass is 35.5. The van der Waals surface area contributed by atoms with E-state index in [-0.39, 0.29) is 30.4 Å². The highest BCUT2D eigenvalue weighted by Crippen LogP contribution is 2.39. The SMILES string of the molecule is Cc1ccccc1C(=O)N1[C@H](C(=O)NC[C@@H]2CCCO2)COC12CCN(C(=O)c1ccc(Cl)c(Cl)c1)CC2. The topological polar surface area (TPSA) is 88.2 Å². The van der Waals surface area contributed by atoms with Crippen molar-refractivity contribution >= 4 is 40.9 Å². The first-order valence-electron chi connectivity index (χ1n) is 13.0. The van der Waals surface area contributed by atoms with Crippen LogP contribution in [0.15, 0.2) is 42.5 Å². The summed E-state index contributed by atoms with van der Waals surface area (Å²) < 4.78 is 11.9. The first kappa shape index (κ1) is 26.9. The highest BCUT2D eigenvalue weighted by molar-refractivity contribution is 6.42. The molecule has 2 aromatic rings. The van der Waals surface area contributed by atoms with Crippen molar-refractivity contribution in [3.05, 3.63) is 69.2 Å². The summed E-state index contributed by atoms with van der Waals surface area (Å²) in [5, 5.41) is 3.67. The lowest BCUT2D eigenvalue weighted by atomic mass is 9.95. The molecule has 1 N–H and O–H groups in total. The van der Waals surface area contributed by atoms with Gasteiger partial charge in [0.15, 0.2) is 0 Å². The van der Waals surface area contributed by atoms with Crippen LogP contribution in [0.1, 0.15) is 52.0 Å². The molecule has 38 heavy (non-hydrogen) atoms. The molecule has 3 aliphatic heterocycles. The molecule has 2 aromatic carbocycles. The second-order valence-electron chi connectivity index (χ2n) is 10.1. The summed E-state index contributed by atoms with van der Waals surface area (Å²) in [6.07, 6.45) is 2.64. The third kappa shape index (κ3) is 5.27. The van der Waals surface area contributed by atoms with Crippen molar-refractivity contribution < 1.29 is 23.9 Å². The minimum absolute atomic E-state index is 0.00799. The molecule has 0 bridgehead atoms. The summed E-state index contributed by atoms with van der Waals surface area (Å²) in [6, 6.07) is 11.4. The smallest absolute Gasteiger partial charge is 0.257 e. The fourth-order valence-corrected chi connectivity index (χ4v) is 5.82. The van der Waals surface area contributed by atoms with Gasteiger partial charge in [-0.1, -0.05) is 41.4 Å². The second-order valence-corrected chi connectivity index (χ2v) is 10.9. The van der Waals surface area contributed by atoms with E-state index < -0.39 is 11.8 Å². The lowest BCUT2D eigenvalue weighted by Gasteiger charge is -2.44. The van der Waals surface area contributed by atoms with Gasteiger partial charge >= 0.3 is 0 Å². The number of ether oxygens (including phenoxy) is 2. The third-order valence-corrected chi connectivity index (χ3v) is 8.42. The summed E-state index contributed by atoms with van der Waals surface area (Å²) in [5.74, 6) is -0.671. The normalized spacial score (nSPS) is 22.6. The summed E-state index contributed by atoms with van der Waals surface area (Å²) >= 11 is 12.1. The first-order valence-corrected chi connectivity index (χ1v) is 13.7. The van der Waals surface area contributed by atoms with Crippen molar-refractivity contribution in [3.8, 4) is 0 Å². The van der Waals surface area contributed by atoms with Crippen LogP contribution in [0.25, 0.3) is 0 Å². The number of nitrogens with one attached hydrogen (secondary N) is 1. The number of carbonyl (C=O) groups is 3. The van der Waals surface area contributed by atoms with Gasteiger partial charge in [0.2, 0.25) is 5.91 Å². The third-order valence-electron chi connectivity index (χ3n) is 7.68. The molecule has 1 spiro atoms. The molecule has 0 saturated carbocycles. The van der Waals surface area contributed by atoms with E-state index in [0.717, 1.165) is 18.4 Å². The lowest BCUT2D eigenvalue weighted by Crippen LogP contribution is -2.60. The molecule has 8 nitrogen and oxygen atoms in total. The molecule has 2 atom stereocenters. The number of carbonyl (C=O) groups excluding carboxylic acids is 3. The van der Waals surface area contributed by atoms with Crippen molar-refractivity contribution in [1.82, 2.24) is 15.1 Å². The number of amides is 3. The Labute approximate surface area is 232 Å². The highest BCUT2D eigenvalue weighted by Gasteiger charge is 2.54. The lowest BCUT2D eigenvalue weighted by molar-refractivity contribution is -0.128. The Bertz CT molecular complexity index is 1220. The molecule has 202 valence electrons. The number of halogens is 2. The fraction of sp³-hybridized carbons (Fsp3) is 0.464. The van der Waals surface area contributed by atoms with Crippen molar-refractivity contribution in [2.45, 2.75) is 50.5 Å². The largest absolute Gasteiger partial charge is 0.376 e. The van der Waals surface area contributed by atoms with Gasteiger partial charge in [0.1, 0.15) is 11.8 Å². The van der Waals surface area contributed by atoms with Crippen LogP contribution in [-0.2, 0) is 14.3 Å². The molecule has 0 aliphatic carbocycles. The molecule has 3 heterocycles. The zero-order chi connectivity index (χ0) is 26.9. The van der Waals surface area contributed by atoms with Crippen LogP contribution < -0.4 is 5.32 Å². The molecular formula is C28H31Cl2N3O5. The Balaban J connectivity index is 1.35. The predicted octanol–water partition coefficient (Wildman–Crippen LogP) is 4.07. The minimum Gasteiger partial charge on any atom is -0.376 e. The van der Waals surface area contributed by atoms with Crippen molar-refractivity contribution in [1.29, 1.82) is 0 Å². The Morgan fingerprint density at radius 1 is 1.05 bits per heavy atom. The molecule has 5 rings (SSSR count). The summed E-state index contributed by atoms with van der Waals surface area (Å²) in [7, 11) is 0. The zero-order valence-electron chi connectivity index (χ0n) is 21.3. The van der Waals surface area contributed by atoms with Gasteiger partial charge in [-0.15, -0.1) is 0 Å². The Morgan fingerprint density at radius 2 is 1.82 bits per heavy atom. The van der Waals surface area contributed by atoms with Gasteiger partial charge in [-0.3, -0.25) is 19.3 Å². The number of hydrogen-bond acceptors (Lipinski definition) is 5. The van der Waals surface area contributed by atoms with Gasteiger partial charge in [-0.05, 0) is 49.6 Å². The van der Waals surface area contributed by atoms with Crippen molar-refractivity contribution in [2.75, 3.05) is 32.8 Å². The van der Waals surface area contributed by atoms with E-state index in [1.807, 2.05) is 25.1 Å². The standard InChI is InChI=1S/C28H31Cl2N3O5/c1-18-5-2-3-7-21(18)27(36)33-24(25(34)31-16-20-6-4-14-37-20)17-38-28(33)10-12-32(13-11-28)26(35)19-8-9-22(29)23(30)15-19/h2-3,5,7-9,15,20,24H,4,6,10-14,16-17H2,1H3,(H,31,34)/t20-,24-/m0/s1. The summed E-state index contributed by atoms with van der Waals surface area (Å²) in [4.78, 5) is 43.8. The molecule has 3 amide bonds. The van der Waals surface area contributed by atoms with Gasteiger partial charge in [-0.25, -0.2) is 0 Å². The van der Waals surface area contributed by atoms with E-state index >= 15 is 0 Å². The van der Waals surface area contributed by atoms with Crippen LogP contribution in [-0.4, -0.2) is 78.2 Å². The van der Waals surface area contributed by atoms with Crippen LogP contribution in [0, 0.1) is 6.92 Å². The van der Waals surface area contributed by atoms with Gasteiger partial charge in [0, 0.05) is 50.2 Å². The van der Waals surface area contributed by atoms with Crippen LogP contribution >= 0.6 is 23.2 Å². The predicted molar refractivity (Wildman–Crippen MR) is 143 cm³/mol. The molecular weight excluding hydrogens is 529 g/mol. The number of nitrogens with zero attached hydrogens (tertiary/aromatic N) is 2. The van der Waals surface area contributed by atoms with Crippen molar-refractivity contribution in [3.63, 3.8) is 0 Å². The summed E-state index contributed by atoms with van der Waals surface area (Å²) in [6.45, 7) is 3.80. The number of aryl methyl sites for hydroxylation is 1. The first-order chi connectivity index (χ1) is 18.3. The molecule has 3 fully saturated rings. The average Bonchev–Trinajstić information content (AvgIpc) is 3.57. The minimum atomic E-state index is -0.986. The molecule has 0 radical (unpaired) electrons. The van der Waals surface area contributed by atoms with E-state index in [0.29, 0.717) is 60.3 Å². The van der Waals surface area contributed by atoms with Crippen LogP contribution in [0.5, 0.6) is 0 Å². The monoisotopic (exact) mass is 559 g/mol. The quantitative estimate of drug-likeness (QED) is 0.596. The van der Waals surface area contributed by atoms with E-state index in [4.69, 9.17) is 32.7 Å². The van der Waals surface area contributed by atoms with Gasteiger partial charge < -0.3 is 19.7 Å². The van der Waals surface area contributed by atoms with Crippen molar-refractivity contribution in [2.24, 2.45) is 0 Å². The van der Waals surface area contributed by atoms with E-state index in [9.17, 15) is 14.4 Å². The van der Waals surface area contributed by atoms with Gasteiger partial charge in [0.05, 0.1) is 22.8 Å². The van der Waals surface area contributed by atoms with Crippen LogP contribution in [0.4, 0.5) is 0 Å².